The number of carbonyl (C=O) groups is 1. The van der Waals surface area contributed by atoms with Crippen LogP contribution >= 0.6 is 0 Å². The molecular formula is C22H29N3O. The van der Waals surface area contributed by atoms with Gasteiger partial charge in [-0.15, -0.1) is 0 Å². The van der Waals surface area contributed by atoms with Crippen LogP contribution in [0.1, 0.15) is 57.9 Å². The summed E-state index contributed by atoms with van der Waals surface area (Å²) in [6.45, 7) is 4.21. The van der Waals surface area contributed by atoms with Gasteiger partial charge in [0.05, 0.1) is 17.3 Å². The topological polar surface area (TPSA) is 64.9 Å². The third kappa shape index (κ3) is 3.14. The van der Waals surface area contributed by atoms with Gasteiger partial charge in [0.25, 0.3) is 0 Å². The van der Waals surface area contributed by atoms with Crippen LogP contribution in [0.3, 0.4) is 0 Å². The standard InChI is InChI=1S/C22H29N3O/c1-14(21(26)25-20-6-4-3-5-19(20)13-23)24-15(2)22-10-16-7-17(11-22)9-18(8-16)12-22/h3-6,14-18,24H,7-12H2,1-2H3,(H,25,26)/t14-,15+,16?,17?,18?,22?/m0/s1. The van der Waals surface area contributed by atoms with Crippen LogP contribution in [0, 0.1) is 34.5 Å². The molecule has 138 valence electrons. The van der Waals surface area contributed by atoms with Crippen molar-refractivity contribution >= 4 is 11.6 Å². The second-order valence-electron chi connectivity index (χ2n) is 9.04. The van der Waals surface area contributed by atoms with Crippen molar-refractivity contribution in [1.29, 1.82) is 5.26 Å². The molecule has 0 radical (unpaired) electrons. The Morgan fingerprint density at radius 2 is 1.69 bits per heavy atom. The van der Waals surface area contributed by atoms with Crippen LogP contribution in [0.15, 0.2) is 24.3 Å². The maximum Gasteiger partial charge on any atom is 0.241 e. The Kier molecular flexibility index (Phi) is 4.52. The summed E-state index contributed by atoms with van der Waals surface area (Å²) >= 11 is 0. The van der Waals surface area contributed by atoms with Gasteiger partial charge in [-0.2, -0.15) is 5.26 Å². The average molecular weight is 351 g/mol. The minimum Gasteiger partial charge on any atom is -0.324 e. The number of hydrogen-bond donors (Lipinski definition) is 2. The third-order valence-electron chi connectivity index (χ3n) is 7.20. The normalized spacial score (nSPS) is 34.1. The fraction of sp³-hybridized carbons (Fsp3) is 0.636. The number of carbonyl (C=O) groups excluding carboxylic acids is 1. The van der Waals surface area contributed by atoms with Crippen LogP contribution < -0.4 is 10.6 Å². The van der Waals surface area contributed by atoms with E-state index in [4.69, 9.17) is 0 Å². The largest absolute Gasteiger partial charge is 0.324 e. The zero-order valence-corrected chi connectivity index (χ0v) is 15.8. The molecular weight excluding hydrogens is 322 g/mol. The lowest BCUT2D eigenvalue weighted by Gasteiger charge is -2.59. The molecule has 0 aliphatic heterocycles. The number of benzene rings is 1. The van der Waals surface area contributed by atoms with Crippen LogP contribution in [0.2, 0.25) is 0 Å². The Hall–Kier alpha value is -1.86. The van der Waals surface area contributed by atoms with Gasteiger partial charge in [0.1, 0.15) is 6.07 Å². The molecule has 0 heterocycles. The first-order valence-corrected chi connectivity index (χ1v) is 10.0. The molecule has 4 aliphatic rings. The van der Waals surface area contributed by atoms with Crippen molar-refractivity contribution in [3.05, 3.63) is 29.8 Å². The van der Waals surface area contributed by atoms with E-state index in [0.717, 1.165) is 17.8 Å². The molecule has 2 atom stereocenters. The van der Waals surface area contributed by atoms with Gasteiger partial charge >= 0.3 is 0 Å². The Bertz CT molecular complexity index is 700. The zero-order chi connectivity index (χ0) is 18.3. The van der Waals surface area contributed by atoms with E-state index >= 15 is 0 Å². The van der Waals surface area contributed by atoms with Gasteiger partial charge in [-0.05, 0) is 87.7 Å². The number of nitrogens with one attached hydrogen (secondary N) is 2. The molecule has 4 saturated carbocycles. The first kappa shape index (κ1) is 17.5. The molecule has 4 bridgehead atoms. The number of nitriles is 1. The number of nitrogens with zero attached hydrogens (tertiary/aromatic N) is 1. The Labute approximate surface area is 156 Å². The molecule has 4 fully saturated rings. The lowest BCUT2D eigenvalue weighted by Crippen LogP contribution is -2.57. The van der Waals surface area contributed by atoms with E-state index < -0.39 is 0 Å². The second kappa shape index (κ2) is 6.70. The van der Waals surface area contributed by atoms with Crippen LogP contribution in [-0.4, -0.2) is 18.0 Å². The summed E-state index contributed by atoms with van der Waals surface area (Å²) in [5.74, 6) is 2.68. The van der Waals surface area contributed by atoms with Gasteiger partial charge in [-0.1, -0.05) is 12.1 Å². The summed E-state index contributed by atoms with van der Waals surface area (Å²) < 4.78 is 0. The molecule has 4 heteroatoms. The fourth-order valence-corrected chi connectivity index (χ4v) is 6.27. The summed E-state index contributed by atoms with van der Waals surface area (Å²) in [4.78, 5) is 12.7. The van der Waals surface area contributed by atoms with Crippen LogP contribution in [-0.2, 0) is 4.79 Å². The first-order chi connectivity index (χ1) is 12.5. The minimum absolute atomic E-state index is 0.0655. The summed E-state index contributed by atoms with van der Waals surface area (Å²) in [7, 11) is 0. The molecule has 1 amide bonds. The van der Waals surface area contributed by atoms with Crippen molar-refractivity contribution in [3.63, 3.8) is 0 Å². The summed E-state index contributed by atoms with van der Waals surface area (Å²) in [5.41, 5.74) is 1.48. The van der Waals surface area contributed by atoms with Gasteiger partial charge in [-0.25, -0.2) is 0 Å². The van der Waals surface area contributed by atoms with Crippen molar-refractivity contribution in [1.82, 2.24) is 5.32 Å². The summed E-state index contributed by atoms with van der Waals surface area (Å²) in [6, 6.07) is 9.37. The smallest absolute Gasteiger partial charge is 0.241 e. The highest BCUT2D eigenvalue weighted by Crippen LogP contribution is 2.61. The zero-order valence-electron chi connectivity index (χ0n) is 15.8. The van der Waals surface area contributed by atoms with Crippen molar-refractivity contribution < 1.29 is 4.79 Å². The minimum atomic E-state index is -0.273. The van der Waals surface area contributed by atoms with Gasteiger partial charge < -0.3 is 10.6 Å². The van der Waals surface area contributed by atoms with Gasteiger partial charge in [0.15, 0.2) is 0 Å². The first-order valence-electron chi connectivity index (χ1n) is 10.0. The number of anilines is 1. The SMILES string of the molecule is C[C@H](N[C@H](C)C12CC3CC(CC(C3)C1)C2)C(=O)Nc1ccccc1C#N. The summed E-state index contributed by atoms with van der Waals surface area (Å²) in [6.07, 6.45) is 8.31. The maximum absolute atomic E-state index is 12.7. The lowest BCUT2D eigenvalue weighted by molar-refractivity contribution is -0.119. The quantitative estimate of drug-likeness (QED) is 0.840. The van der Waals surface area contributed by atoms with E-state index in [1.165, 1.54) is 38.5 Å². The highest BCUT2D eigenvalue weighted by Gasteiger charge is 2.53. The molecule has 0 saturated heterocycles. The number of amides is 1. The molecule has 0 aromatic heterocycles. The van der Waals surface area contributed by atoms with Crippen LogP contribution in [0.5, 0.6) is 0 Å². The van der Waals surface area contributed by atoms with E-state index in [1.54, 1.807) is 12.1 Å². The maximum atomic E-state index is 12.7. The number of para-hydroxylation sites is 1. The van der Waals surface area contributed by atoms with Crippen molar-refractivity contribution in [3.8, 4) is 6.07 Å². The molecule has 4 nitrogen and oxygen atoms in total. The van der Waals surface area contributed by atoms with Gasteiger partial charge in [0, 0.05) is 6.04 Å². The fourth-order valence-electron chi connectivity index (χ4n) is 6.27. The van der Waals surface area contributed by atoms with E-state index in [9.17, 15) is 10.1 Å². The average Bonchev–Trinajstić information content (AvgIpc) is 2.61. The molecule has 2 N–H and O–H groups in total. The van der Waals surface area contributed by atoms with Gasteiger partial charge in [0.2, 0.25) is 5.91 Å². The lowest BCUT2D eigenvalue weighted by atomic mass is 9.48. The van der Waals surface area contributed by atoms with Crippen LogP contribution in [0.25, 0.3) is 0 Å². The second-order valence-corrected chi connectivity index (χ2v) is 9.04. The number of hydrogen-bond acceptors (Lipinski definition) is 3. The predicted octanol–water partition coefficient (Wildman–Crippen LogP) is 4.08. The molecule has 26 heavy (non-hydrogen) atoms. The number of rotatable bonds is 5. The molecule has 5 rings (SSSR count). The monoisotopic (exact) mass is 351 g/mol. The Morgan fingerprint density at radius 1 is 1.12 bits per heavy atom. The molecule has 1 aromatic carbocycles. The Morgan fingerprint density at radius 3 is 2.27 bits per heavy atom. The van der Waals surface area contributed by atoms with Crippen molar-refractivity contribution in [2.45, 2.75) is 64.5 Å². The van der Waals surface area contributed by atoms with Gasteiger partial charge in [-0.3, -0.25) is 4.79 Å². The third-order valence-corrected chi connectivity index (χ3v) is 7.20. The highest BCUT2D eigenvalue weighted by molar-refractivity contribution is 5.95. The van der Waals surface area contributed by atoms with E-state index in [2.05, 4.69) is 23.6 Å². The van der Waals surface area contributed by atoms with Crippen LogP contribution in [0.4, 0.5) is 5.69 Å². The molecule has 4 aliphatic carbocycles. The highest BCUT2D eigenvalue weighted by atomic mass is 16.2. The van der Waals surface area contributed by atoms with Crippen molar-refractivity contribution in [2.24, 2.45) is 23.2 Å². The van der Waals surface area contributed by atoms with Crippen molar-refractivity contribution in [2.75, 3.05) is 5.32 Å². The van der Waals surface area contributed by atoms with E-state index in [1.807, 2.05) is 19.1 Å². The van der Waals surface area contributed by atoms with E-state index in [0.29, 0.717) is 22.7 Å². The molecule has 0 spiro atoms. The molecule has 0 unspecified atom stereocenters. The van der Waals surface area contributed by atoms with E-state index in [-0.39, 0.29) is 11.9 Å². The Balaban J connectivity index is 1.40. The summed E-state index contributed by atoms with van der Waals surface area (Å²) in [5, 5.41) is 15.7. The molecule has 1 aromatic rings. The predicted molar refractivity (Wildman–Crippen MR) is 102 cm³/mol.